The molecule has 4 rings (SSSR count). The lowest BCUT2D eigenvalue weighted by atomic mass is 10.1. The topological polar surface area (TPSA) is 94.4 Å². The second-order valence-corrected chi connectivity index (χ2v) is 7.23. The van der Waals surface area contributed by atoms with Crippen LogP contribution in [-0.4, -0.2) is 60.2 Å². The van der Waals surface area contributed by atoms with Crippen LogP contribution in [0.3, 0.4) is 0 Å². The average molecular weight is 408 g/mol. The van der Waals surface area contributed by atoms with Crippen LogP contribution < -0.4 is 20.5 Å². The molecule has 1 saturated heterocycles. The fourth-order valence-corrected chi connectivity index (χ4v) is 3.36. The number of ether oxygens (including phenoxy) is 2. The molecule has 0 saturated carbocycles. The minimum atomic E-state index is -0.263. The number of hydrogen-bond donors (Lipinski definition) is 1. The van der Waals surface area contributed by atoms with Crippen LogP contribution in [0.25, 0.3) is 11.3 Å². The molecule has 1 aliphatic rings. The van der Waals surface area contributed by atoms with E-state index in [0.29, 0.717) is 30.7 Å². The number of nitrogens with zero attached hydrogens (tertiary/aromatic N) is 5. The average Bonchev–Trinajstić information content (AvgIpc) is 3.22. The van der Waals surface area contributed by atoms with Crippen molar-refractivity contribution in [3.8, 4) is 17.0 Å². The van der Waals surface area contributed by atoms with E-state index in [1.807, 2.05) is 43.3 Å². The standard InChI is InChI=1S/C21H24N6O3/c1-26(2)21-22-10-9-19(24-21)23-17-12-30-13-18(17)27-20(28)8-7-16(25-27)14-5-4-6-15(11-14)29-3/h4-11,17-18H,12-13H2,1-3H3,(H,22,23,24). The van der Waals surface area contributed by atoms with Gasteiger partial charge in [0.1, 0.15) is 17.6 Å². The van der Waals surface area contributed by atoms with E-state index in [4.69, 9.17) is 9.47 Å². The molecule has 2 aromatic heterocycles. The van der Waals surface area contributed by atoms with Crippen molar-refractivity contribution in [2.75, 3.05) is 44.6 Å². The normalized spacial score (nSPS) is 18.2. The van der Waals surface area contributed by atoms with E-state index in [2.05, 4.69) is 20.4 Å². The Labute approximate surface area is 174 Å². The van der Waals surface area contributed by atoms with Gasteiger partial charge in [-0.2, -0.15) is 10.1 Å². The second-order valence-electron chi connectivity index (χ2n) is 7.23. The van der Waals surface area contributed by atoms with Crippen molar-refractivity contribution >= 4 is 11.8 Å². The quantitative estimate of drug-likeness (QED) is 0.660. The van der Waals surface area contributed by atoms with Crippen LogP contribution in [0, 0.1) is 0 Å². The molecule has 1 N–H and O–H groups in total. The van der Waals surface area contributed by atoms with Gasteiger partial charge < -0.3 is 19.7 Å². The minimum Gasteiger partial charge on any atom is -0.497 e. The van der Waals surface area contributed by atoms with E-state index in [1.54, 1.807) is 25.4 Å². The number of methoxy groups -OCH3 is 1. The number of anilines is 2. The van der Waals surface area contributed by atoms with Gasteiger partial charge in [-0.1, -0.05) is 12.1 Å². The monoisotopic (exact) mass is 408 g/mol. The first kappa shape index (κ1) is 19.8. The van der Waals surface area contributed by atoms with E-state index in [-0.39, 0.29) is 17.6 Å². The first-order valence-electron chi connectivity index (χ1n) is 9.64. The molecule has 9 nitrogen and oxygen atoms in total. The lowest BCUT2D eigenvalue weighted by Gasteiger charge is -2.21. The zero-order valence-electron chi connectivity index (χ0n) is 17.1. The first-order valence-corrected chi connectivity index (χ1v) is 9.64. The smallest absolute Gasteiger partial charge is 0.267 e. The highest BCUT2D eigenvalue weighted by Crippen LogP contribution is 2.24. The van der Waals surface area contributed by atoms with Gasteiger partial charge in [0.05, 0.1) is 32.1 Å². The number of aromatic nitrogens is 4. The Morgan fingerprint density at radius 3 is 2.87 bits per heavy atom. The minimum absolute atomic E-state index is 0.152. The Balaban J connectivity index is 1.62. The maximum absolute atomic E-state index is 12.6. The SMILES string of the molecule is COc1cccc(-c2ccc(=O)n(C3COCC3Nc3ccnc(N(C)C)n3)n2)c1. The molecule has 1 fully saturated rings. The van der Waals surface area contributed by atoms with E-state index in [1.165, 1.54) is 10.7 Å². The van der Waals surface area contributed by atoms with Gasteiger partial charge in [-0.05, 0) is 24.3 Å². The molecule has 1 aliphatic heterocycles. The van der Waals surface area contributed by atoms with Gasteiger partial charge in [0.2, 0.25) is 5.95 Å². The van der Waals surface area contributed by atoms with Crippen LogP contribution in [0.15, 0.2) is 53.5 Å². The molecule has 0 aliphatic carbocycles. The molecule has 9 heteroatoms. The Kier molecular flexibility index (Phi) is 5.62. The van der Waals surface area contributed by atoms with Crippen LogP contribution in [-0.2, 0) is 4.74 Å². The summed E-state index contributed by atoms with van der Waals surface area (Å²) < 4.78 is 12.5. The Morgan fingerprint density at radius 2 is 2.07 bits per heavy atom. The predicted octanol–water partition coefficient (Wildman–Crippen LogP) is 1.83. The lowest BCUT2D eigenvalue weighted by molar-refractivity contribution is 0.183. The third-order valence-corrected chi connectivity index (χ3v) is 4.93. The van der Waals surface area contributed by atoms with Crippen molar-refractivity contribution < 1.29 is 9.47 Å². The number of benzene rings is 1. The predicted molar refractivity (Wildman–Crippen MR) is 114 cm³/mol. The molecular formula is C21H24N6O3. The summed E-state index contributed by atoms with van der Waals surface area (Å²) in [4.78, 5) is 23.2. The maximum Gasteiger partial charge on any atom is 0.267 e. The summed E-state index contributed by atoms with van der Waals surface area (Å²) in [5, 5.41) is 7.99. The lowest BCUT2D eigenvalue weighted by Crippen LogP contribution is -2.37. The summed E-state index contributed by atoms with van der Waals surface area (Å²) in [7, 11) is 5.39. The van der Waals surface area contributed by atoms with E-state index < -0.39 is 0 Å². The van der Waals surface area contributed by atoms with E-state index in [9.17, 15) is 4.79 Å². The Hall–Kier alpha value is -3.46. The third kappa shape index (κ3) is 4.11. The molecule has 3 heterocycles. The van der Waals surface area contributed by atoms with Crippen molar-refractivity contribution in [3.63, 3.8) is 0 Å². The van der Waals surface area contributed by atoms with Crippen molar-refractivity contribution in [2.24, 2.45) is 0 Å². The van der Waals surface area contributed by atoms with E-state index in [0.717, 1.165) is 11.3 Å². The summed E-state index contributed by atoms with van der Waals surface area (Å²) >= 11 is 0. The van der Waals surface area contributed by atoms with Crippen molar-refractivity contribution in [3.05, 3.63) is 59.0 Å². The van der Waals surface area contributed by atoms with Crippen LogP contribution in [0.4, 0.5) is 11.8 Å². The van der Waals surface area contributed by atoms with Crippen molar-refractivity contribution in [2.45, 2.75) is 12.1 Å². The molecule has 2 atom stereocenters. The molecule has 0 amide bonds. The number of rotatable bonds is 6. The summed E-state index contributed by atoms with van der Waals surface area (Å²) in [6.07, 6.45) is 1.70. The van der Waals surface area contributed by atoms with Gasteiger partial charge in [0.15, 0.2) is 0 Å². The van der Waals surface area contributed by atoms with Gasteiger partial charge in [-0.15, -0.1) is 0 Å². The fraction of sp³-hybridized carbons (Fsp3) is 0.333. The van der Waals surface area contributed by atoms with Crippen LogP contribution in [0.1, 0.15) is 6.04 Å². The number of nitrogens with one attached hydrogen (secondary N) is 1. The molecule has 3 aromatic rings. The zero-order valence-corrected chi connectivity index (χ0v) is 17.1. The summed E-state index contributed by atoms with van der Waals surface area (Å²) in [6, 6.07) is 12.2. The zero-order chi connectivity index (χ0) is 21.1. The fourth-order valence-electron chi connectivity index (χ4n) is 3.36. The van der Waals surface area contributed by atoms with Crippen LogP contribution in [0.5, 0.6) is 5.75 Å². The van der Waals surface area contributed by atoms with Gasteiger partial charge in [-0.3, -0.25) is 4.79 Å². The van der Waals surface area contributed by atoms with Crippen molar-refractivity contribution in [1.29, 1.82) is 0 Å². The summed E-state index contributed by atoms with van der Waals surface area (Å²) in [5.74, 6) is 2.01. The molecule has 30 heavy (non-hydrogen) atoms. The number of hydrogen-bond acceptors (Lipinski definition) is 8. The molecule has 0 bridgehead atoms. The first-order chi connectivity index (χ1) is 14.5. The van der Waals surface area contributed by atoms with Crippen LogP contribution in [0.2, 0.25) is 0 Å². The highest BCUT2D eigenvalue weighted by Gasteiger charge is 2.32. The highest BCUT2D eigenvalue weighted by atomic mass is 16.5. The van der Waals surface area contributed by atoms with Gasteiger partial charge in [0.25, 0.3) is 5.56 Å². The molecule has 156 valence electrons. The molecule has 1 aromatic carbocycles. The summed E-state index contributed by atoms with van der Waals surface area (Å²) in [5.41, 5.74) is 1.38. The Morgan fingerprint density at radius 1 is 1.20 bits per heavy atom. The van der Waals surface area contributed by atoms with Crippen LogP contribution >= 0.6 is 0 Å². The second kappa shape index (κ2) is 8.50. The maximum atomic E-state index is 12.6. The molecule has 2 unspecified atom stereocenters. The largest absolute Gasteiger partial charge is 0.497 e. The molecular weight excluding hydrogens is 384 g/mol. The van der Waals surface area contributed by atoms with Gasteiger partial charge in [-0.25, -0.2) is 9.67 Å². The van der Waals surface area contributed by atoms with Gasteiger partial charge in [0, 0.05) is 31.9 Å². The molecule has 0 spiro atoms. The summed E-state index contributed by atoms with van der Waals surface area (Å²) in [6.45, 7) is 0.835. The van der Waals surface area contributed by atoms with Crippen molar-refractivity contribution in [1.82, 2.24) is 19.7 Å². The molecule has 0 radical (unpaired) electrons. The van der Waals surface area contributed by atoms with E-state index >= 15 is 0 Å². The Bertz CT molecular complexity index is 1080. The highest BCUT2D eigenvalue weighted by molar-refractivity contribution is 5.60. The third-order valence-electron chi connectivity index (χ3n) is 4.93. The van der Waals surface area contributed by atoms with Gasteiger partial charge >= 0.3 is 0 Å².